The quantitative estimate of drug-likeness (QED) is 0.598. The topological polar surface area (TPSA) is 69.6 Å². The van der Waals surface area contributed by atoms with E-state index >= 15 is 0 Å². The molecule has 0 aliphatic rings. The Morgan fingerprint density at radius 2 is 1.73 bits per heavy atom. The first-order chi connectivity index (χ1) is 12.2. The average Bonchev–Trinajstić information content (AvgIpc) is 3.00. The molecule has 4 rings (SSSR count). The highest BCUT2D eigenvalue weighted by atomic mass is 35.5. The van der Waals surface area contributed by atoms with Gasteiger partial charge in [0.2, 0.25) is 0 Å². The molecule has 0 fully saturated rings. The molecular formula is C20H20ClN5. The SMILES string of the molecule is Cl.Cn1nc(-c2ccccc2[C@@H](N)Cc2ccccn2)c2cccnc21. The van der Waals surface area contributed by atoms with Gasteiger partial charge in [-0.1, -0.05) is 30.3 Å². The largest absolute Gasteiger partial charge is 0.324 e. The Hall–Kier alpha value is -2.76. The van der Waals surface area contributed by atoms with Gasteiger partial charge in [-0.2, -0.15) is 5.10 Å². The molecule has 0 spiro atoms. The smallest absolute Gasteiger partial charge is 0.158 e. The zero-order valence-electron chi connectivity index (χ0n) is 14.4. The predicted molar refractivity (Wildman–Crippen MR) is 106 cm³/mol. The second kappa shape index (κ2) is 7.64. The van der Waals surface area contributed by atoms with Crippen molar-refractivity contribution in [1.29, 1.82) is 0 Å². The number of fused-ring (bicyclic) bond motifs is 1. The third kappa shape index (κ3) is 3.31. The molecule has 5 nitrogen and oxygen atoms in total. The molecule has 0 saturated heterocycles. The van der Waals surface area contributed by atoms with Gasteiger partial charge in [-0.15, -0.1) is 12.4 Å². The van der Waals surface area contributed by atoms with Crippen LogP contribution in [0.1, 0.15) is 17.3 Å². The second-order valence-corrected chi connectivity index (χ2v) is 6.07. The molecule has 1 aromatic carbocycles. The molecule has 0 amide bonds. The summed E-state index contributed by atoms with van der Waals surface area (Å²) in [6, 6.07) is 17.9. The fraction of sp³-hybridized carbons (Fsp3) is 0.150. The molecule has 26 heavy (non-hydrogen) atoms. The minimum absolute atomic E-state index is 0. The van der Waals surface area contributed by atoms with Crippen LogP contribution in [0.4, 0.5) is 0 Å². The second-order valence-electron chi connectivity index (χ2n) is 6.07. The molecule has 2 N–H and O–H groups in total. The summed E-state index contributed by atoms with van der Waals surface area (Å²) in [5.41, 5.74) is 11.4. The first-order valence-electron chi connectivity index (χ1n) is 8.26. The minimum Gasteiger partial charge on any atom is -0.324 e. The number of benzene rings is 1. The molecular weight excluding hydrogens is 346 g/mol. The van der Waals surface area contributed by atoms with Crippen LogP contribution in [0.25, 0.3) is 22.3 Å². The van der Waals surface area contributed by atoms with Crippen molar-refractivity contribution < 1.29 is 0 Å². The van der Waals surface area contributed by atoms with E-state index in [2.05, 4.69) is 22.1 Å². The molecule has 0 bridgehead atoms. The van der Waals surface area contributed by atoms with Gasteiger partial charge in [-0.25, -0.2) is 9.67 Å². The lowest BCUT2D eigenvalue weighted by molar-refractivity contribution is 0.707. The van der Waals surface area contributed by atoms with Crippen molar-refractivity contribution in [3.8, 4) is 11.3 Å². The van der Waals surface area contributed by atoms with Crippen LogP contribution in [-0.4, -0.2) is 19.7 Å². The van der Waals surface area contributed by atoms with Gasteiger partial charge >= 0.3 is 0 Å². The number of nitrogens with two attached hydrogens (primary N) is 1. The highest BCUT2D eigenvalue weighted by Crippen LogP contribution is 2.32. The van der Waals surface area contributed by atoms with Gasteiger partial charge in [-0.3, -0.25) is 4.98 Å². The summed E-state index contributed by atoms with van der Waals surface area (Å²) in [5.74, 6) is 0. The van der Waals surface area contributed by atoms with Crippen LogP contribution in [0.5, 0.6) is 0 Å². The Morgan fingerprint density at radius 3 is 2.54 bits per heavy atom. The molecule has 6 heteroatoms. The minimum atomic E-state index is -0.153. The normalized spacial score (nSPS) is 11.9. The molecule has 0 aliphatic heterocycles. The molecule has 0 radical (unpaired) electrons. The van der Waals surface area contributed by atoms with Crippen LogP contribution in [0.15, 0.2) is 67.0 Å². The van der Waals surface area contributed by atoms with Gasteiger partial charge in [0.1, 0.15) is 5.69 Å². The maximum Gasteiger partial charge on any atom is 0.158 e. The first kappa shape index (κ1) is 18.0. The third-order valence-electron chi connectivity index (χ3n) is 4.37. The Bertz CT molecular complexity index is 1010. The van der Waals surface area contributed by atoms with Gasteiger partial charge < -0.3 is 5.73 Å². The van der Waals surface area contributed by atoms with Gasteiger partial charge in [0.15, 0.2) is 5.65 Å². The predicted octanol–water partition coefficient (Wildman–Crippen LogP) is 3.69. The Labute approximate surface area is 158 Å². The molecule has 132 valence electrons. The molecule has 3 heterocycles. The van der Waals surface area contributed by atoms with Crippen LogP contribution in [-0.2, 0) is 13.5 Å². The highest BCUT2D eigenvalue weighted by molar-refractivity contribution is 5.92. The van der Waals surface area contributed by atoms with Crippen molar-refractivity contribution >= 4 is 23.4 Å². The zero-order valence-corrected chi connectivity index (χ0v) is 15.2. The first-order valence-corrected chi connectivity index (χ1v) is 8.26. The Balaban J connectivity index is 0.00000196. The lowest BCUT2D eigenvalue weighted by Gasteiger charge is -2.15. The zero-order chi connectivity index (χ0) is 17.2. The third-order valence-corrected chi connectivity index (χ3v) is 4.37. The van der Waals surface area contributed by atoms with Gasteiger partial charge in [0.05, 0.1) is 0 Å². The number of rotatable bonds is 4. The van der Waals surface area contributed by atoms with Crippen LogP contribution in [0.2, 0.25) is 0 Å². The standard InChI is InChI=1S/C20H19N5.ClH/c1-25-20-17(10-6-12-23-20)19(24-25)16-9-3-2-8-15(16)18(21)13-14-7-4-5-11-22-14;/h2-12,18H,13,21H2,1H3;1H/t18-;/m0./s1. The maximum absolute atomic E-state index is 6.53. The molecule has 4 aromatic rings. The van der Waals surface area contributed by atoms with Gasteiger partial charge in [-0.05, 0) is 29.8 Å². The summed E-state index contributed by atoms with van der Waals surface area (Å²) < 4.78 is 1.81. The Kier molecular flexibility index (Phi) is 5.30. The van der Waals surface area contributed by atoms with E-state index in [1.807, 2.05) is 54.2 Å². The van der Waals surface area contributed by atoms with Gasteiger partial charge in [0, 0.05) is 48.5 Å². The van der Waals surface area contributed by atoms with Crippen molar-refractivity contribution in [2.45, 2.75) is 12.5 Å². The number of nitrogens with zero attached hydrogens (tertiary/aromatic N) is 4. The summed E-state index contributed by atoms with van der Waals surface area (Å²) in [6.45, 7) is 0. The van der Waals surface area contributed by atoms with E-state index in [4.69, 9.17) is 10.8 Å². The molecule has 3 aromatic heterocycles. The number of halogens is 1. The number of hydrogen-bond acceptors (Lipinski definition) is 4. The van der Waals surface area contributed by atoms with E-state index < -0.39 is 0 Å². The number of aromatic nitrogens is 4. The van der Waals surface area contributed by atoms with E-state index in [1.54, 1.807) is 12.4 Å². The van der Waals surface area contributed by atoms with Gasteiger partial charge in [0.25, 0.3) is 0 Å². The maximum atomic E-state index is 6.53. The van der Waals surface area contributed by atoms with Crippen LogP contribution < -0.4 is 5.73 Å². The van der Waals surface area contributed by atoms with Crippen LogP contribution in [0, 0.1) is 0 Å². The summed E-state index contributed by atoms with van der Waals surface area (Å²) in [4.78, 5) is 8.82. The lowest BCUT2D eigenvalue weighted by atomic mass is 9.94. The molecule has 0 saturated carbocycles. The van der Waals surface area contributed by atoms with Crippen molar-refractivity contribution in [2.24, 2.45) is 12.8 Å². The lowest BCUT2D eigenvalue weighted by Crippen LogP contribution is -2.15. The molecule has 0 unspecified atom stereocenters. The molecule has 1 atom stereocenters. The Morgan fingerprint density at radius 1 is 0.962 bits per heavy atom. The summed E-state index contributed by atoms with van der Waals surface area (Å²) in [6.07, 6.45) is 4.26. The summed E-state index contributed by atoms with van der Waals surface area (Å²) in [7, 11) is 1.91. The molecule has 0 aliphatic carbocycles. The van der Waals surface area contributed by atoms with Crippen LogP contribution >= 0.6 is 12.4 Å². The van der Waals surface area contributed by atoms with Crippen LogP contribution in [0.3, 0.4) is 0 Å². The van der Waals surface area contributed by atoms with E-state index in [0.29, 0.717) is 6.42 Å². The van der Waals surface area contributed by atoms with E-state index in [0.717, 1.165) is 33.5 Å². The van der Waals surface area contributed by atoms with Crippen molar-refractivity contribution in [1.82, 2.24) is 19.7 Å². The fourth-order valence-electron chi connectivity index (χ4n) is 3.18. The van der Waals surface area contributed by atoms with E-state index in [9.17, 15) is 0 Å². The average molecular weight is 366 g/mol. The van der Waals surface area contributed by atoms with Crippen molar-refractivity contribution in [2.75, 3.05) is 0 Å². The number of aryl methyl sites for hydroxylation is 1. The van der Waals surface area contributed by atoms with Crippen molar-refractivity contribution in [3.05, 3.63) is 78.2 Å². The summed E-state index contributed by atoms with van der Waals surface area (Å²) >= 11 is 0. The van der Waals surface area contributed by atoms with E-state index in [1.165, 1.54) is 0 Å². The summed E-state index contributed by atoms with van der Waals surface area (Å²) in [5, 5.41) is 5.72. The number of pyridine rings is 2. The number of hydrogen-bond donors (Lipinski definition) is 1. The highest BCUT2D eigenvalue weighted by Gasteiger charge is 2.18. The van der Waals surface area contributed by atoms with Crippen molar-refractivity contribution in [3.63, 3.8) is 0 Å². The van der Waals surface area contributed by atoms with E-state index in [-0.39, 0.29) is 18.4 Å². The fourth-order valence-corrected chi connectivity index (χ4v) is 3.18. The monoisotopic (exact) mass is 365 g/mol.